The second-order valence-corrected chi connectivity index (χ2v) is 5.89. The predicted molar refractivity (Wildman–Crippen MR) is 80.5 cm³/mol. The number of fused-ring (bicyclic) bond motifs is 1. The summed E-state index contributed by atoms with van der Waals surface area (Å²) in [5.74, 6) is 0.601. The zero-order valence-corrected chi connectivity index (χ0v) is 13.3. The average molecular weight is 376 g/mol. The minimum Gasteiger partial charge on any atom is -0.493 e. The maximum atomic E-state index is 12.9. The van der Waals surface area contributed by atoms with Crippen LogP contribution in [0.25, 0.3) is 0 Å². The first-order valence-corrected chi connectivity index (χ1v) is 7.76. The van der Waals surface area contributed by atoms with E-state index in [2.05, 4.69) is 0 Å². The van der Waals surface area contributed by atoms with Gasteiger partial charge in [-0.25, -0.2) is 0 Å². The monoisotopic (exact) mass is 376 g/mol. The largest absolute Gasteiger partial charge is 0.493 e. The van der Waals surface area contributed by atoms with Gasteiger partial charge in [-0.15, -0.1) is 0 Å². The van der Waals surface area contributed by atoms with Crippen molar-refractivity contribution in [3.63, 3.8) is 0 Å². The van der Waals surface area contributed by atoms with Crippen LogP contribution in [-0.2, 0) is 23.7 Å². The Morgan fingerprint density at radius 3 is 2.15 bits per heavy atom. The van der Waals surface area contributed by atoms with E-state index in [1.54, 1.807) is 24.3 Å². The van der Waals surface area contributed by atoms with Gasteiger partial charge in [0.15, 0.2) is 0 Å². The zero-order chi connectivity index (χ0) is 18.9. The summed E-state index contributed by atoms with van der Waals surface area (Å²) in [6.45, 7) is -0.00985. The Kier molecular flexibility index (Phi) is 4.88. The van der Waals surface area contributed by atoms with Gasteiger partial charge < -0.3 is 9.47 Å². The smallest absolute Gasteiger partial charge is 0.416 e. The van der Waals surface area contributed by atoms with E-state index in [9.17, 15) is 26.3 Å². The lowest BCUT2D eigenvalue weighted by Gasteiger charge is -2.26. The molecule has 0 aromatic heterocycles. The quantitative estimate of drug-likeness (QED) is 0.634. The Morgan fingerprint density at radius 1 is 0.923 bits per heavy atom. The number of alkyl halides is 6. The molecule has 0 saturated heterocycles. The number of ether oxygens (including phenoxy) is 2. The fourth-order valence-corrected chi connectivity index (χ4v) is 2.78. The summed E-state index contributed by atoms with van der Waals surface area (Å²) in [4.78, 5) is 0. The normalized spacial score (nSPS) is 17.5. The molecule has 1 aliphatic heterocycles. The van der Waals surface area contributed by atoms with Gasteiger partial charge in [0.2, 0.25) is 0 Å². The number of benzene rings is 2. The standard InChI is InChI=1S/C18H14F6O2/c19-17(20,21)12-7-11(8-13(9-12)18(22,23)24)10-26-16-5-6-25-15-4-2-1-3-14(15)16/h1-4,7-9,16H,5-6,10H2/t16-/m0/s1. The highest BCUT2D eigenvalue weighted by atomic mass is 19.4. The molecule has 8 heteroatoms. The highest BCUT2D eigenvalue weighted by Crippen LogP contribution is 2.38. The molecule has 1 aliphatic rings. The van der Waals surface area contributed by atoms with Gasteiger partial charge in [-0.05, 0) is 29.8 Å². The van der Waals surface area contributed by atoms with Gasteiger partial charge in [-0.1, -0.05) is 18.2 Å². The molecule has 1 heterocycles. The minimum atomic E-state index is -4.87. The van der Waals surface area contributed by atoms with E-state index in [-0.39, 0.29) is 18.2 Å². The molecule has 0 unspecified atom stereocenters. The maximum absolute atomic E-state index is 12.9. The summed E-state index contributed by atoms with van der Waals surface area (Å²) in [7, 11) is 0. The van der Waals surface area contributed by atoms with E-state index >= 15 is 0 Å². The Hall–Kier alpha value is -2.22. The summed E-state index contributed by atoms with van der Waals surface area (Å²) in [5, 5.41) is 0. The van der Waals surface area contributed by atoms with E-state index in [1.165, 1.54) is 0 Å². The molecule has 0 amide bonds. The summed E-state index contributed by atoms with van der Waals surface area (Å²) in [6, 6.07) is 8.48. The van der Waals surface area contributed by atoms with E-state index in [4.69, 9.17) is 9.47 Å². The molecule has 0 spiro atoms. The predicted octanol–water partition coefficient (Wildman–Crippen LogP) is 5.76. The molecule has 0 aliphatic carbocycles. The van der Waals surface area contributed by atoms with Crippen molar-refractivity contribution in [2.75, 3.05) is 6.61 Å². The third-order valence-corrected chi connectivity index (χ3v) is 4.00. The van der Waals surface area contributed by atoms with Crippen LogP contribution in [0.15, 0.2) is 42.5 Å². The molecule has 2 aromatic carbocycles. The topological polar surface area (TPSA) is 18.5 Å². The van der Waals surface area contributed by atoms with Crippen LogP contribution in [0.4, 0.5) is 26.3 Å². The number of hydrogen-bond donors (Lipinski definition) is 0. The number of rotatable bonds is 3. The summed E-state index contributed by atoms with van der Waals surface area (Å²) < 4.78 is 88.5. The first-order chi connectivity index (χ1) is 12.1. The van der Waals surface area contributed by atoms with Crippen LogP contribution in [0.2, 0.25) is 0 Å². The van der Waals surface area contributed by atoms with Gasteiger partial charge >= 0.3 is 12.4 Å². The van der Waals surface area contributed by atoms with Crippen molar-refractivity contribution >= 4 is 0 Å². The maximum Gasteiger partial charge on any atom is 0.416 e. The van der Waals surface area contributed by atoms with Crippen molar-refractivity contribution in [2.24, 2.45) is 0 Å². The summed E-state index contributed by atoms with van der Waals surface area (Å²) in [5.41, 5.74) is -2.16. The van der Waals surface area contributed by atoms with Crippen molar-refractivity contribution in [1.82, 2.24) is 0 Å². The SMILES string of the molecule is FC(F)(F)c1cc(CO[C@H]2CCOc3ccccc32)cc(C(F)(F)F)c1. The second-order valence-electron chi connectivity index (χ2n) is 5.89. The number of para-hydroxylation sites is 1. The van der Waals surface area contributed by atoms with E-state index in [1.807, 2.05) is 0 Å². The van der Waals surface area contributed by atoms with Crippen molar-refractivity contribution in [3.8, 4) is 5.75 Å². The molecule has 0 N–H and O–H groups in total. The first-order valence-electron chi connectivity index (χ1n) is 7.76. The molecule has 26 heavy (non-hydrogen) atoms. The highest BCUT2D eigenvalue weighted by molar-refractivity contribution is 5.37. The van der Waals surface area contributed by atoms with E-state index in [0.29, 0.717) is 30.9 Å². The van der Waals surface area contributed by atoms with Gasteiger partial charge in [-0.3, -0.25) is 0 Å². The van der Waals surface area contributed by atoms with Crippen molar-refractivity contribution in [2.45, 2.75) is 31.5 Å². The molecule has 0 saturated carbocycles. The first kappa shape index (κ1) is 18.6. The second kappa shape index (κ2) is 6.83. The number of halogens is 6. The fraction of sp³-hybridized carbons (Fsp3) is 0.333. The Morgan fingerprint density at radius 2 is 1.54 bits per heavy atom. The number of hydrogen-bond acceptors (Lipinski definition) is 2. The lowest BCUT2D eigenvalue weighted by Crippen LogP contribution is -2.17. The lowest BCUT2D eigenvalue weighted by atomic mass is 10.0. The van der Waals surface area contributed by atoms with Gasteiger partial charge in [0.05, 0.1) is 30.4 Å². The third kappa shape index (κ3) is 4.12. The Bertz CT molecular complexity index is 750. The van der Waals surface area contributed by atoms with Crippen molar-refractivity contribution < 1.29 is 35.8 Å². The molecule has 2 nitrogen and oxygen atoms in total. The molecular weight excluding hydrogens is 362 g/mol. The van der Waals surface area contributed by atoms with Crippen LogP contribution < -0.4 is 4.74 Å². The zero-order valence-electron chi connectivity index (χ0n) is 13.3. The molecule has 0 bridgehead atoms. The van der Waals surface area contributed by atoms with Crippen LogP contribution in [0.1, 0.15) is 34.8 Å². The molecule has 1 atom stereocenters. The molecule has 3 rings (SSSR count). The molecular formula is C18H14F6O2. The van der Waals surface area contributed by atoms with Gasteiger partial charge in [0.1, 0.15) is 5.75 Å². The van der Waals surface area contributed by atoms with Crippen molar-refractivity contribution in [3.05, 3.63) is 64.7 Å². The fourth-order valence-electron chi connectivity index (χ4n) is 2.78. The van der Waals surface area contributed by atoms with Crippen LogP contribution in [-0.4, -0.2) is 6.61 Å². The van der Waals surface area contributed by atoms with Crippen LogP contribution >= 0.6 is 0 Å². The minimum absolute atomic E-state index is 0.104. The molecule has 0 radical (unpaired) electrons. The average Bonchev–Trinajstić information content (AvgIpc) is 2.58. The van der Waals surface area contributed by atoms with Crippen LogP contribution in [0.3, 0.4) is 0 Å². The van der Waals surface area contributed by atoms with Gasteiger partial charge in [0, 0.05) is 12.0 Å². The molecule has 2 aromatic rings. The Balaban J connectivity index is 1.84. The third-order valence-electron chi connectivity index (χ3n) is 4.00. The highest BCUT2D eigenvalue weighted by Gasteiger charge is 2.37. The van der Waals surface area contributed by atoms with Gasteiger partial charge in [-0.2, -0.15) is 26.3 Å². The van der Waals surface area contributed by atoms with Crippen LogP contribution in [0, 0.1) is 0 Å². The molecule has 140 valence electrons. The Labute approximate surface area is 145 Å². The summed E-state index contributed by atoms with van der Waals surface area (Å²) in [6.07, 6.45) is -9.74. The van der Waals surface area contributed by atoms with E-state index in [0.717, 1.165) is 5.56 Å². The van der Waals surface area contributed by atoms with Crippen LogP contribution in [0.5, 0.6) is 5.75 Å². The lowest BCUT2D eigenvalue weighted by molar-refractivity contribution is -0.143. The summed E-state index contributed by atoms with van der Waals surface area (Å²) >= 11 is 0. The van der Waals surface area contributed by atoms with Crippen molar-refractivity contribution in [1.29, 1.82) is 0 Å². The van der Waals surface area contributed by atoms with Gasteiger partial charge in [0.25, 0.3) is 0 Å². The molecule has 0 fully saturated rings. The van der Waals surface area contributed by atoms with E-state index < -0.39 is 29.6 Å².